The molecule has 176 valence electrons. The minimum atomic E-state index is -4.83. The topological polar surface area (TPSA) is 109 Å². The van der Waals surface area contributed by atoms with Crippen LogP contribution in [-0.4, -0.2) is 36.1 Å². The van der Waals surface area contributed by atoms with E-state index in [0.29, 0.717) is 12.1 Å². The molecule has 0 saturated heterocycles. The van der Waals surface area contributed by atoms with E-state index in [9.17, 15) is 27.6 Å². The van der Waals surface area contributed by atoms with E-state index in [0.717, 1.165) is 35.4 Å². The van der Waals surface area contributed by atoms with Gasteiger partial charge in [0.2, 0.25) is 0 Å². The zero-order chi connectivity index (χ0) is 24.7. The van der Waals surface area contributed by atoms with Crippen molar-refractivity contribution in [1.82, 2.24) is 21.2 Å². The summed E-state index contributed by atoms with van der Waals surface area (Å²) in [5.41, 5.74) is 6.79. The largest absolute Gasteiger partial charge is 0.573 e. The molecule has 0 aliphatic heterocycles. The van der Waals surface area contributed by atoms with Gasteiger partial charge in [0.05, 0.1) is 0 Å². The predicted octanol–water partition coefficient (Wildman–Crippen LogP) is 3.01. The van der Waals surface area contributed by atoms with Gasteiger partial charge in [-0.1, -0.05) is 12.1 Å². The van der Waals surface area contributed by atoms with Crippen molar-refractivity contribution in [3.63, 3.8) is 0 Å². The van der Waals surface area contributed by atoms with Gasteiger partial charge in [0.15, 0.2) is 0 Å². The highest BCUT2D eigenvalue weighted by Gasteiger charge is 2.31. The standard InChI is InChI=1S/C23H19F3N4O4/c1-27-22(33)19-13-15(10-11-28-19)12-14-2-4-16(5-3-14)20(31)29-30-21(32)17-6-8-18(9-7-17)34-23(24,25)26/h2-11,13H,12H2,1H3,(H,27,33)(H,29,31)(H,30,32). The van der Waals surface area contributed by atoms with Crippen LogP contribution in [0.15, 0.2) is 66.9 Å². The lowest BCUT2D eigenvalue weighted by Gasteiger charge is -2.10. The number of rotatable bonds is 6. The third-order valence-corrected chi connectivity index (χ3v) is 4.55. The Kier molecular flexibility index (Phi) is 7.46. The van der Waals surface area contributed by atoms with Crippen LogP contribution in [0.25, 0.3) is 0 Å². The monoisotopic (exact) mass is 472 g/mol. The minimum absolute atomic E-state index is 0.0265. The van der Waals surface area contributed by atoms with E-state index >= 15 is 0 Å². The van der Waals surface area contributed by atoms with Crippen molar-refractivity contribution in [3.05, 3.63) is 94.8 Å². The van der Waals surface area contributed by atoms with Crippen LogP contribution in [0.5, 0.6) is 5.75 Å². The average Bonchev–Trinajstić information content (AvgIpc) is 2.82. The number of halogens is 3. The molecule has 0 unspecified atom stereocenters. The second-order valence-corrected chi connectivity index (χ2v) is 6.98. The number of aromatic nitrogens is 1. The Balaban J connectivity index is 1.55. The molecule has 0 saturated carbocycles. The summed E-state index contributed by atoms with van der Waals surface area (Å²) < 4.78 is 40.3. The molecule has 0 aliphatic carbocycles. The third kappa shape index (κ3) is 6.79. The fourth-order valence-electron chi connectivity index (χ4n) is 2.91. The van der Waals surface area contributed by atoms with Gasteiger partial charge in [0, 0.05) is 24.4 Å². The highest BCUT2D eigenvalue weighted by atomic mass is 19.4. The fraction of sp³-hybridized carbons (Fsp3) is 0.130. The van der Waals surface area contributed by atoms with Crippen molar-refractivity contribution in [2.75, 3.05) is 7.05 Å². The lowest BCUT2D eigenvalue weighted by Crippen LogP contribution is -2.41. The van der Waals surface area contributed by atoms with Crippen molar-refractivity contribution in [3.8, 4) is 5.75 Å². The van der Waals surface area contributed by atoms with E-state index < -0.39 is 23.9 Å². The zero-order valence-corrected chi connectivity index (χ0v) is 17.8. The van der Waals surface area contributed by atoms with Crippen molar-refractivity contribution in [2.45, 2.75) is 12.8 Å². The summed E-state index contributed by atoms with van der Waals surface area (Å²) in [7, 11) is 1.52. The maximum atomic E-state index is 12.3. The molecule has 1 aromatic heterocycles. The van der Waals surface area contributed by atoms with Crippen LogP contribution < -0.4 is 20.9 Å². The summed E-state index contributed by atoms with van der Waals surface area (Å²) in [6.07, 6.45) is -2.78. The molecule has 3 N–H and O–H groups in total. The zero-order valence-electron chi connectivity index (χ0n) is 17.8. The smallest absolute Gasteiger partial charge is 0.406 e. The summed E-state index contributed by atoms with van der Waals surface area (Å²) in [5, 5.41) is 2.51. The van der Waals surface area contributed by atoms with E-state index in [4.69, 9.17) is 0 Å². The Labute approximate surface area is 192 Å². The van der Waals surface area contributed by atoms with Crippen LogP contribution in [0.2, 0.25) is 0 Å². The van der Waals surface area contributed by atoms with Gasteiger partial charge in [-0.15, -0.1) is 13.2 Å². The molecule has 0 bridgehead atoms. The number of carbonyl (C=O) groups is 3. The Morgan fingerprint density at radius 1 is 0.824 bits per heavy atom. The average molecular weight is 472 g/mol. The van der Waals surface area contributed by atoms with Crippen LogP contribution in [0.4, 0.5) is 13.2 Å². The molecule has 0 radical (unpaired) electrons. The maximum Gasteiger partial charge on any atom is 0.573 e. The molecule has 2 aromatic carbocycles. The third-order valence-electron chi connectivity index (χ3n) is 4.55. The number of benzene rings is 2. The summed E-state index contributed by atoms with van der Waals surface area (Å²) >= 11 is 0. The van der Waals surface area contributed by atoms with Gasteiger partial charge in [-0.3, -0.25) is 30.2 Å². The van der Waals surface area contributed by atoms with Gasteiger partial charge in [0.1, 0.15) is 11.4 Å². The number of nitrogens with one attached hydrogen (secondary N) is 3. The van der Waals surface area contributed by atoms with E-state index in [2.05, 4.69) is 25.9 Å². The van der Waals surface area contributed by atoms with Crippen LogP contribution in [0.1, 0.15) is 42.3 Å². The SMILES string of the molecule is CNC(=O)c1cc(Cc2ccc(C(=O)NNC(=O)c3ccc(OC(F)(F)F)cc3)cc2)ccn1. The van der Waals surface area contributed by atoms with Crippen molar-refractivity contribution in [2.24, 2.45) is 0 Å². The number of nitrogens with zero attached hydrogens (tertiary/aromatic N) is 1. The fourth-order valence-corrected chi connectivity index (χ4v) is 2.91. The molecule has 0 spiro atoms. The molecular weight excluding hydrogens is 453 g/mol. The van der Waals surface area contributed by atoms with Gasteiger partial charge < -0.3 is 10.1 Å². The lowest BCUT2D eigenvalue weighted by atomic mass is 10.0. The van der Waals surface area contributed by atoms with Crippen molar-refractivity contribution >= 4 is 17.7 Å². The molecular formula is C23H19F3N4O4. The molecule has 3 aromatic rings. The Bertz CT molecular complexity index is 1180. The van der Waals surface area contributed by atoms with Gasteiger partial charge in [-0.25, -0.2) is 0 Å². The summed E-state index contributed by atoms with van der Waals surface area (Å²) in [6.45, 7) is 0. The van der Waals surface area contributed by atoms with Crippen LogP contribution in [-0.2, 0) is 6.42 Å². The first-order valence-electron chi connectivity index (χ1n) is 9.87. The molecule has 8 nitrogen and oxygen atoms in total. The molecule has 11 heteroatoms. The van der Waals surface area contributed by atoms with E-state index in [-0.39, 0.29) is 17.0 Å². The number of hydrogen-bond donors (Lipinski definition) is 3. The molecule has 34 heavy (non-hydrogen) atoms. The first kappa shape index (κ1) is 24.2. The Hall–Kier alpha value is -4.41. The normalized spacial score (nSPS) is 10.8. The van der Waals surface area contributed by atoms with Crippen LogP contribution in [0, 0.1) is 0 Å². The van der Waals surface area contributed by atoms with E-state index in [1.54, 1.807) is 42.6 Å². The highest BCUT2D eigenvalue weighted by Crippen LogP contribution is 2.22. The Morgan fingerprint density at radius 3 is 1.91 bits per heavy atom. The first-order valence-corrected chi connectivity index (χ1v) is 9.87. The summed E-state index contributed by atoms with van der Waals surface area (Å²) in [4.78, 5) is 40.1. The number of alkyl halides is 3. The summed E-state index contributed by atoms with van der Waals surface area (Å²) in [6, 6.07) is 14.3. The lowest BCUT2D eigenvalue weighted by molar-refractivity contribution is -0.274. The quantitative estimate of drug-likeness (QED) is 0.478. The number of hydrazine groups is 1. The van der Waals surface area contributed by atoms with Gasteiger partial charge in [-0.05, 0) is 66.1 Å². The van der Waals surface area contributed by atoms with Gasteiger partial charge in [-0.2, -0.15) is 0 Å². The minimum Gasteiger partial charge on any atom is -0.406 e. The van der Waals surface area contributed by atoms with E-state index in [1.807, 2.05) is 0 Å². The Morgan fingerprint density at radius 2 is 1.38 bits per heavy atom. The highest BCUT2D eigenvalue weighted by molar-refractivity contribution is 5.99. The second kappa shape index (κ2) is 10.5. The first-order chi connectivity index (χ1) is 16.1. The summed E-state index contributed by atoms with van der Waals surface area (Å²) in [5.74, 6) is -2.05. The maximum absolute atomic E-state index is 12.3. The van der Waals surface area contributed by atoms with Crippen LogP contribution in [0.3, 0.4) is 0 Å². The molecule has 0 aliphatic rings. The van der Waals surface area contributed by atoms with Gasteiger partial charge >= 0.3 is 6.36 Å². The molecule has 0 atom stereocenters. The van der Waals surface area contributed by atoms with Crippen molar-refractivity contribution in [1.29, 1.82) is 0 Å². The number of carbonyl (C=O) groups excluding carboxylic acids is 3. The second-order valence-electron chi connectivity index (χ2n) is 6.98. The molecule has 3 amide bonds. The van der Waals surface area contributed by atoms with E-state index in [1.165, 1.54) is 7.05 Å². The van der Waals surface area contributed by atoms with Crippen molar-refractivity contribution < 1.29 is 32.3 Å². The molecule has 1 heterocycles. The molecule has 3 rings (SSSR count). The number of amides is 3. The van der Waals surface area contributed by atoms with Gasteiger partial charge in [0.25, 0.3) is 17.7 Å². The van der Waals surface area contributed by atoms with Crippen LogP contribution >= 0.6 is 0 Å². The number of pyridine rings is 1. The number of hydrogen-bond acceptors (Lipinski definition) is 5. The molecule has 0 fully saturated rings. The predicted molar refractivity (Wildman–Crippen MR) is 115 cm³/mol. The number of ether oxygens (including phenoxy) is 1.